The fraction of sp³-hybridized carbons (Fsp3) is 0.778. The topological polar surface area (TPSA) is 12.0 Å². The lowest BCUT2D eigenvalue weighted by Crippen LogP contribution is -2.40. The molecule has 10 heavy (non-hydrogen) atoms. The SMILES string of the molecule is CN[C@@H]1C[C@@H]2C=C[C@H]1CC2. The number of nitrogens with one attached hydrogen (secondary N) is 1. The van der Waals surface area contributed by atoms with Crippen LogP contribution in [0, 0.1) is 11.8 Å². The molecule has 1 saturated carbocycles. The third-order valence-corrected chi connectivity index (χ3v) is 2.95. The zero-order valence-corrected chi connectivity index (χ0v) is 6.51. The summed E-state index contributed by atoms with van der Waals surface area (Å²) >= 11 is 0. The van der Waals surface area contributed by atoms with E-state index in [4.69, 9.17) is 0 Å². The molecule has 0 unspecified atom stereocenters. The van der Waals surface area contributed by atoms with Gasteiger partial charge in [-0.25, -0.2) is 0 Å². The number of rotatable bonds is 1. The van der Waals surface area contributed by atoms with E-state index in [2.05, 4.69) is 24.5 Å². The summed E-state index contributed by atoms with van der Waals surface area (Å²) in [7, 11) is 2.08. The Labute approximate surface area is 62.5 Å². The average molecular weight is 137 g/mol. The summed E-state index contributed by atoms with van der Waals surface area (Å²) in [6.45, 7) is 0. The van der Waals surface area contributed by atoms with E-state index in [0.29, 0.717) is 0 Å². The van der Waals surface area contributed by atoms with Crippen molar-refractivity contribution < 1.29 is 0 Å². The molecule has 0 radical (unpaired) electrons. The molecule has 0 spiro atoms. The Kier molecular flexibility index (Phi) is 1.53. The molecular formula is C9H15N. The van der Waals surface area contributed by atoms with E-state index < -0.39 is 0 Å². The Bertz CT molecular complexity index is 151. The Hall–Kier alpha value is -0.300. The largest absolute Gasteiger partial charge is 0.316 e. The second kappa shape index (κ2) is 2.39. The Morgan fingerprint density at radius 2 is 2.20 bits per heavy atom. The maximum atomic E-state index is 3.38. The van der Waals surface area contributed by atoms with Gasteiger partial charge in [0.05, 0.1) is 0 Å². The van der Waals surface area contributed by atoms with Gasteiger partial charge in [-0.15, -0.1) is 0 Å². The second-order valence-electron chi connectivity index (χ2n) is 3.52. The molecule has 56 valence electrons. The summed E-state index contributed by atoms with van der Waals surface area (Å²) in [6.07, 6.45) is 9.02. The molecule has 1 fully saturated rings. The summed E-state index contributed by atoms with van der Waals surface area (Å²) in [5.41, 5.74) is 0. The van der Waals surface area contributed by atoms with E-state index in [0.717, 1.165) is 17.9 Å². The number of hydrogen-bond acceptors (Lipinski definition) is 1. The van der Waals surface area contributed by atoms with E-state index in [1.807, 2.05) is 0 Å². The number of hydrogen-bond donors (Lipinski definition) is 1. The van der Waals surface area contributed by atoms with Crippen molar-refractivity contribution in [3.05, 3.63) is 12.2 Å². The maximum Gasteiger partial charge on any atom is 0.0132 e. The van der Waals surface area contributed by atoms with E-state index in [1.165, 1.54) is 19.3 Å². The van der Waals surface area contributed by atoms with Gasteiger partial charge in [0.15, 0.2) is 0 Å². The van der Waals surface area contributed by atoms with Crippen LogP contribution in [0.15, 0.2) is 12.2 Å². The standard InChI is InChI=1S/C9H15N/c1-10-9-6-7-2-4-8(9)5-3-7/h2,4,7-10H,3,5-6H2,1H3/t7-,8+,9-/m1/s1. The van der Waals surface area contributed by atoms with Crippen LogP contribution < -0.4 is 5.32 Å². The smallest absolute Gasteiger partial charge is 0.0132 e. The van der Waals surface area contributed by atoms with Gasteiger partial charge in [0.1, 0.15) is 0 Å². The lowest BCUT2D eigenvalue weighted by atomic mass is 9.73. The first-order chi connectivity index (χ1) is 4.90. The highest BCUT2D eigenvalue weighted by Gasteiger charge is 2.30. The highest BCUT2D eigenvalue weighted by molar-refractivity contribution is 5.08. The van der Waals surface area contributed by atoms with Crippen LogP contribution in [0.1, 0.15) is 19.3 Å². The molecule has 0 aromatic rings. The van der Waals surface area contributed by atoms with Crippen molar-refractivity contribution in [2.75, 3.05) is 7.05 Å². The van der Waals surface area contributed by atoms with E-state index in [1.54, 1.807) is 0 Å². The first-order valence-electron chi connectivity index (χ1n) is 4.26. The minimum absolute atomic E-state index is 0.781. The predicted molar refractivity (Wildman–Crippen MR) is 42.8 cm³/mol. The quantitative estimate of drug-likeness (QED) is 0.541. The second-order valence-corrected chi connectivity index (χ2v) is 3.52. The molecule has 3 aliphatic rings. The molecule has 0 aromatic carbocycles. The predicted octanol–water partition coefficient (Wildman–Crippen LogP) is 1.56. The monoisotopic (exact) mass is 137 g/mol. The molecule has 3 atom stereocenters. The normalized spacial score (nSPS) is 44.3. The lowest BCUT2D eigenvalue weighted by molar-refractivity contribution is 0.256. The zero-order chi connectivity index (χ0) is 6.97. The van der Waals surface area contributed by atoms with Gasteiger partial charge in [-0.1, -0.05) is 12.2 Å². The molecule has 0 saturated heterocycles. The summed E-state index contributed by atoms with van der Waals surface area (Å²) in [5.74, 6) is 1.73. The molecule has 1 heteroatoms. The molecule has 0 aromatic heterocycles. The van der Waals surface area contributed by atoms with Crippen molar-refractivity contribution in [2.24, 2.45) is 11.8 Å². The van der Waals surface area contributed by atoms with E-state index in [9.17, 15) is 0 Å². The van der Waals surface area contributed by atoms with Gasteiger partial charge in [0, 0.05) is 6.04 Å². The van der Waals surface area contributed by atoms with Gasteiger partial charge in [0.2, 0.25) is 0 Å². The van der Waals surface area contributed by atoms with Crippen molar-refractivity contribution in [1.29, 1.82) is 0 Å². The lowest BCUT2D eigenvalue weighted by Gasteiger charge is -2.37. The summed E-state index contributed by atoms with van der Waals surface area (Å²) in [6, 6.07) is 0.781. The van der Waals surface area contributed by atoms with Gasteiger partial charge < -0.3 is 5.32 Å². The minimum atomic E-state index is 0.781. The van der Waals surface area contributed by atoms with Gasteiger partial charge in [-0.05, 0) is 38.1 Å². The Morgan fingerprint density at radius 3 is 2.50 bits per heavy atom. The van der Waals surface area contributed by atoms with Crippen LogP contribution in [0.5, 0.6) is 0 Å². The van der Waals surface area contributed by atoms with Crippen molar-refractivity contribution in [2.45, 2.75) is 25.3 Å². The molecule has 0 amide bonds. The van der Waals surface area contributed by atoms with Crippen molar-refractivity contribution >= 4 is 0 Å². The van der Waals surface area contributed by atoms with E-state index >= 15 is 0 Å². The molecule has 0 heterocycles. The van der Waals surface area contributed by atoms with Crippen LogP contribution in [0.2, 0.25) is 0 Å². The molecular weight excluding hydrogens is 122 g/mol. The maximum absolute atomic E-state index is 3.38. The number of fused-ring (bicyclic) bond motifs is 2. The fourth-order valence-corrected chi connectivity index (χ4v) is 2.26. The number of allylic oxidation sites excluding steroid dienone is 1. The van der Waals surface area contributed by atoms with E-state index in [-0.39, 0.29) is 0 Å². The molecule has 3 rings (SSSR count). The van der Waals surface area contributed by atoms with Crippen LogP contribution in [-0.2, 0) is 0 Å². The molecule has 1 nitrogen and oxygen atoms in total. The van der Waals surface area contributed by atoms with Crippen LogP contribution in [0.3, 0.4) is 0 Å². The summed E-state index contributed by atoms with van der Waals surface area (Å²) in [5, 5.41) is 3.38. The first kappa shape index (κ1) is 6.41. The van der Waals surface area contributed by atoms with Gasteiger partial charge >= 0.3 is 0 Å². The Balaban J connectivity index is 2.11. The van der Waals surface area contributed by atoms with Crippen LogP contribution in [0.25, 0.3) is 0 Å². The van der Waals surface area contributed by atoms with Crippen molar-refractivity contribution in [3.63, 3.8) is 0 Å². The van der Waals surface area contributed by atoms with Crippen molar-refractivity contribution in [1.82, 2.24) is 5.32 Å². The van der Waals surface area contributed by atoms with Crippen LogP contribution in [0.4, 0.5) is 0 Å². The van der Waals surface area contributed by atoms with Crippen LogP contribution >= 0.6 is 0 Å². The molecule has 1 N–H and O–H groups in total. The zero-order valence-electron chi connectivity index (χ0n) is 6.51. The Morgan fingerprint density at radius 1 is 1.30 bits per heavy atom. The van der Waals surface area contributed by atoms with Crippen LogP contribution in [-0.4, -0.2) is 13.1 Å². The third-order valence-electron chi connectivity index (χ3n) is 2.95. The average Bonchev–Trinajstić information content (AvgIpc) is 2.06. The van der Waals surface area contributed by atoms with Crippen molar-refractivity contribution in [3.8, 4) is 0 Å². The summed E-state index contributed by atoms with van der Waals surface area (Å²) < 4.78 is 0. The third kappa shape index (κ3) is 0.891. The first-order valence-corrected chi connectivity index (χ1v) is 4.26. The highest BCUT2D eigenvalue weighted by atomic mass is 14.9. The molecule has 0 aliphatic heterocycles. The highest BCUT2D eigenvalue weighted by Crippen LogP contribution is 2.35. The fourth-order valence-electron chi connectivity index (χ4n) is 2.26. The minimum Gasteiger partial charge on any atom is -0.316 e. The van der Waals surface area contributed by atoms with Gasteiger partial charge in [0.25, 0.3) is 0 Å². The summed E-state index contributed by atoms with van der Waals surface area (Å²) in [4.78, 5) is 0. The van der Waals surface area contributed by atoms with Gasteiger partial charge in [-0.3, -0.25) is 0 Å². The van der Waals surface area contributed by atoms with Gasteiger partial charge in [-0.2, -0.15) is 0 Å². The molecule has 3 aliphatic carbocycles. The molecule has 2 bridgehead atoms.